The van der Waals surface area contributed by atoms with Gasteiger partial charge in [0, 0.05) is 19.1 Å². The monoisotopic (exact) mass is 267 g/mol. The van der Waals surface area contributed by atoms with Crippen LogP contribution in [0.2, 0.25) is 0 Å². The molecule has 2 heterocycles. The highest BCUT2D eigenvalue weighted by atomic mass is 16.5. The zero-order valence-electron chi connectivity index (χ0n) is 13.1. The number of likely N-dealkylation sites (tertiary alicyclic amines) is 1. The average molecular weight is 267 g/mol. The Balaban J connectivity index is 1.64. The maximum absolute atomic E-state index is 5.82. The molecular weight excluding hydrogens is 234 g/mol. The van der Waals surface area contributed by atoms with Crippen molar-refractivity contribution in [1.29, 1.82) is 0 Å². The molecule has 19 heavy (non-hydrogen) atoms. The molecule has 0 radical (unpaired) electrons. The van der Waals surface area contributed by atoms with Crippen molar-refractivity contribution in [2.24, 2.45) is 0 Å². The minimum Gasteiger partial charge on any atom is -0.375 e. The zero-order chi connectivity index (χ0) is 13.6. The Morgan fingerprint density at radius 1 is 1.00 bits per heavy atom. The van der Waals surface area contributed by atoms with Gasteiger partial charge < -0.3 is 9.64 Å². The quantitative estimate of drug-likeness (QED) is 0.605. The van der Waals surface area contributed by atoms with E-state index >= 15 is 0 Å². The van der Waals surface area contributed by atoms with Gasteiger partial charge in [0.2, 0.25) is 0 Å². The van der Waals surface area contributed by atoms with Gasteiger partial charge in [-0.15, -0.1) is 0 Å². The second kappa shape index (κ2) is 7.64. The van der Waals surface area contributed by atoms with Gasteiger partial charge in [-0.05, 0) is 32.1 Å². The summed E-state index contributed by atoms with van der Waals surface area (Å²) in [7, 11) is 0. The summed E-state index contributed by atoms with van der Waals surface area (Å²) in [6.45, 7) is 8.21. The van der Waals surface area contributed by atoms with Crippen molar-refractivity contribution in [3.8, 4) is 0 Å². The van der Waals surface area contributed by atoms with Gasteiger partial charge >= 0.3 is 0 Å². The largest absolute Gasteiger partial charge is 0.375 e. The number of ether oxygens (including phenoxy) is 1. The molecule has 0 saturated carbocycles. The second-order valence-corrected chi connectivity index (χ2v) is 6.58. The lowest BCUT2D eigenvalue weighted by molar-refractivity contribution is -0.175. The maximum atomic E-state index is 5.82. The van der Waals surface area contributed by atoms with Crippen LogP contribution in [-0.2, 0) is 4.74 Å². The number of nitrogens with zero attached hydrogens (tertiary/aromatic N) is 1. The SMILES string of the molecule is CCCCCCCC(CC)N1CCC2(CCO2)CC1. The molecule has 0 N–H and O–H groups in total. The highest BCUT2D eigenvalue weighted by Gasteiger charge is 2.41. The molecule has 0 aromatic carbocycles. The maximum Gasteiger partial charge on any atom is 0.0728 e. The van der Waals surface area contributed by atoms with Gasteiger partial charge in [-0.25, -0.2) is 0 Å². The van der Waals surface area contributed by atoms with Crippen molar-refractivity contribution in [1.82, 2.24) is 4.90 Å². The number of piperidine rings is 1. The Kier molecular flexibility index (Phi) is 6.15. The highest BCUT2D eigenvalue weighted by molar-refractivity contribution is 4.93. The van der Waals surface area contributed by atoms with Crippen molar-refractivity contribution in [3.63, 3.8) is 0 Å². The molecule has 0 bridgehead atoms. The smallest absolute Gasteiger partial charge is 0.0728 e. The molecule has 2 fully saturated rings. The summed E-state index contributed by atoms with van der Waals surface area (Å²) in [5.41, 5.74) is 0.315. The number of rotatable bonds is 8. The van der Waals surface area contributed by atoms with Crippen LogP contribution < -0.4 is 0 Å². The fourth-order valence-electron chi connectivity index (χ4n) is 3.71. The van der Waals surface area contributed by atoms with Gasteiger partial charge in [0.1, 0.15) is 0 Å². The fourth-order valence-corrected chi connectivity index (χ4v) is 3.71. The lowest BCUT2D eigenvalue weighted by Gasteiger charge is -2.49. The first-order valence-electron chi connectivity index (χ1n) is 8.67. The average Bonchev–Trinajstić information content (AvgIpc) is 2.41. The Bertz CT molecular complexity index is 240. The number of hydrogen-bond donors (Lipinski definition) is 0. The van der Waals surface area contributed by atoms with Crippen LogP contribution in [0.15, 0.2) is 0 Å². The summed E-state index contributed by atoms with van der Waals surface area (Å²) in [4.78, 5) is 2.74. The van der Waals surface area contributed by atoms with E-state index in [1.165, 1.54) is 77.3 Å². The van der Waals surface area contributed by atoms with E-state index in [1.807, 2.05) is 0 Å². The summed E-state index contributed by atoms with van der Waals surface area (Å²) in [6.07, 6.45) is 13.7. The van der Waals surface area contributed by atoms with Crippen LogP contribution in [0, 0.1) is 0 Å². The lowest BCUT2D eigenvalue weighted by Crippen LogP contribution is -2.54. The third-order valence-corrected chi connectivity index (χ3v) is 5.30. The molecule has 2 aliphatic heterocycles. The topological polar surface area (TPSA) is 12.5 Å². The van der Waals surface area contributed by atoms with E-state index in [4.69, 9.17) is 4.74 Å². The molecule has 112 valence electrons. The molecule has 1 atom stereocenters. The van der Waals surface area contributed by atoms with E-state index in [2.05, 4.69) is 18.7 Å². The van der Waals surface area contributed by atoms with Crippen LogP contribution in [0.3, 0.4) is 0 Å². The molecule has 1 unspecified atom stereocenters. The van der Waals surface area contributed by atoms with Gasteiger partial charge in [-0.1, -0.05) is 46.0 Å². The second-order valence-electron chi connectivity index (χ2n) is 6.58. The molecule has 0 aromatic heterocycles. The van der Waals surface area contributed by atoms with Crippen LogP contribution in [0.4, 0.5) is 0 Å². The molecule has 0 aromatic rings. The Morgan fingerprint density at radius 2 is 1.68 bits per heavy atom. The Labute approximate surface area is 119 Å². The molecule has 1 spiro atoms. The van der Waals surface area contributed by atoms with Crippen molar-refractivity contribution in [2.45, 2.75) is 89.7 Å². The van der Waals surface area contributed by atoms with Gasteiger partial charge in [-0.2, -0.15) is 0 Å². The molecule has 2 aliphatic rings. The Hall–Kier alpha value is -0.0800. The zero-order valence-corrected chi connectivity index (χ0v) is 13.1. The third-order valence-electron chi connectivity index (χ3n) is 5.30. The van der Waals surface area contributed by atoms with Gasteiger partial charge in [0.25, 0.3) is 0 Å². The van der Waals surface area contributed by atoms with E-state index in [0.29, 0.717) is 5.60 Å². The van der Waals surface area contributed by atoms with E-state index in [9.17, 15) is 0 Å². The van der Waals surface area contributed by atoms with Crippen molar-refractivity contribution < 1.29 is 4.74 Å². The van der Waals surface area contributed by atoms with Crippen LogP contribution >= 0.6 is 0 Å². The molecule has 0 aliphatic carbocycles. The molecule has 0 amide bonds. The molecule has 2 rings (SSSR count). The van der Waals surface area contributed by atoms with E-state index in [1.54, 1.807) is 0 Å². The predicted molar refractivity (Wildman–Crippen MR) is 81.6 cm³/mol. The first-order valence-corrected chi connectivity index (χ1v) is 8.67. The summed E-state index contributed by atoms with van der Waals surface area (Å²) in [5.74, 6) is 0. The minimum atomic E-state index is 0.315. The fraction of sp³-hybridized carbons (Fsp3) is 1.00. The summed E-state index contributed by atoms with van der Waals surface area (Å²) in [5, 5.41) is 0. The van der Waals surface area contributed by atoms with E-state index in [-0.39, 0.29) is 0 Å². The summed E-state index contributed by atoms with van der Waals surface area (Å²) < 4.78 is 5.82. The summed E-state index contributed by atoms with van der Waals surface area (Å²) >= 11 is 0. The third kappa shape index (κ3) is 4.19. The molecule has 2 saturated heterocycles. The van der Waals surface area contributed by atoms with Crippen molar-refractivity contribution in [3.05, 3.63) is 0 Å². The summed E-state index contributed by atoms with van der Waals surface area (Å²) in [6, 6.07) is 0.832. The first-order chi connectivity index (χ1) is 9.29. The van der Waals surface area contributed by atoms with Crippen LogP contribution in [0.5, 0.6) is 0 Å². The standard InChI is InChI=1S/C17H33NO/c1-3-5-6-7-8-9-16(4-2)18-13-10-17(11-14-18)12-15-19-17/h16H,3-15H2,1-2H3. The van der Waals surface area contributed by atoms with Crippen LogP contribution in [-0.4, -0.2) is 36.2 Å². The van der Waals surface area contributed by atoms with Crippen molar-refractivity contribution in [2.75, 3.05) is 19.7 Å². The normalized spacial score (nSPS) is 24.3. The van der Waals surface area contributed by atoms with Gasteiger partial charge in [0.05, 0.1) is 12.2 Å². The predicted octanol–water partition coefficient (Wildman–Crippen LogP) is 4.38. The highest BCUT2D eigenvalue weighted by Crippen LogP contribution is 2.37. The van der Waals surface area contributed by atoms with E-state index in [0.717, 1.165) is 12.6 Å². The number of hydrogen-bond acceptors (Lipinski definition) is 2. The molecular formula is C17H33NO. The lowest BCUT2D eigenvalue weighted by atomic mass is 9.83. The minimum absolute atomic E-state index is 0.315. The van der Waals surface area contributed by atoms with Crippen LogP contribution in [0.1, 0.15) is 78.1 Å². The van der Waals surface area contributed by atoms with E-state index < -0.39 is 0 Å². The van der Waals surface area contributed by atoms with Crippen LogP contribution in [0.25, 0.3) is 0 Å². The number of unbranched alkanes of at least 4 members (excludes halogenated alkanes) is 4. The van der Waals surface area contributed by atoms with Gasteiger partial charge in [0.15, 0.2) is 0 Å². The van der Waals surface area contributed by atoms with Crippen molar-refractivity contribution >= 4 is 0 Å². The van der Waals surface area contributed by atoms with Gasteiger partial charge in [-0.3, -0.25) is 0 Å². The first kappa shape index (κ1) is 15.3. The Morgan fingerprint density at radius 3 is 2.21 bits per heavy atom. The molecule has 2 nitrogen and oxygen atoms in total. The molecule has 2 heteroatoms.